The number of aryl methyl sites for hydroxylation is 1. The lowest BCUT2D eigenvalue weighted by Crippen LogP contribution is -2.17. The van der Waals surface area contributed by atoms with Crippen LogP contribution in [0.4, 0.5) is 0 Å². The van der Waals surface area contributed by atoms with Crippen LogP contribution < -0.4 is 14.8 Å². The van der Waals surface area contributed by atoms with Crippen LogP contribution in [0.3, 0.4) is 0 Å². The van der Waals surface area contributed by atoms with Crippen molar-refractivity contribution < 1.29 is 19.0 Å². The molecule has 0 amide bonds. The van der Waals surface area contributed by atoms with E-state index in [0.29, 0.717) is 32.2 Å². The second-order valence-corrected chi connectivity index (χ2v) is 8.02. The lowest BCUT2D eigenvalue weighted by Gasteiger charge is -2.19. The van der Waals surface area contributed by atoms with Gasteiger partial charge in [-0.25, -0.2) is 4.98 Å². The van der Waals surface area contributed by atoms with Crippen LogP contribution in [0.1, 0.15) is 16.7 Å². The number of ether oxygens (including phenoxy) is 2. The summed E-state index contributed by atoms with van der Waals surface area (Å²) in [5, 5.41) is 12.2. The molecule has 5 rings (SSSR count). The van der Waals surface area contributed by atoms with Crippen LogP contribution >= 0.6 is 0 Å². The number of oxazole rings is 1. The number of fused-ring (bicyclic) bond motifs is 2. The smallest absolute Gasteiger partial charge is 0.227 e. The summed E-state index contributed by atoms with van der Waals surface area (Å²) in [6.45, 7) is 6.63. The highest BCUT2D eigenvalue weighted by Crippen LogP contribution is 2.38. The molecule has 0 fully saturated rings. The van der Waals surface area contributed by atoms with E-state index in [4.69, 9.17) is 24.0 Å². The number of nitrogens with zero attached hydrogens (tertiary/aromatic N) is 1. The second kappa shape index (κ2) is 8.65. The SMILES string of the molecule is Cc1c(-c2ccc3c(c2)OCCO3)cccc1-c1nc2cc(CNCCO)cc(C)c2o1. The maximum atomic E-state index is 8.99. The molecule has 1 aliphatic heterocycles. The molecule has 3 aromatic carbocycles. The zero-order chi connectivity index (χ0) is 22.1. The lowest BCUT2D eigenvalue weighted by molar-refractivity contribution is 0.171. The fourth-order valence-electron chi connectivity index (χ4n) is 4.19. The summed E-state index contributed by atoms with van der Waals surface area (Å²) in [4.78, 5) is 4.81. The molecule has 0 saturated heterocycles. The van der Waals surface area contributed by atoms with Gasteiger partial charge in [0, 0.05) is 18.7 Å². The summed E-state index contributed by atoms with van der Waals surface area (Å²) < 4.78 is 17.6. The van der Waals surface area contributed by atoms with E-state index in [9.17, 15) is 0 Å². The number of hydrogen-bond acceptors (Lipinski definition) is 6. The summed E-state index contributed by atoms with van der Waals surface area (Å²) in [6.07, 6.45) is 0. The first-order valence-corrected chi connectivity index (χ1v) is 10.9. The highest BCUT2D eigenvalue weighted by Gasteiger charge is 2.17. The average molecular weight is 431 g/mol. The van der Waals surface area contributed by atoms with Crippen molar-refractivity contribution >= 4 is 11.1 Å². The van der Waals surface area contributed by atoms with E-state index in [1.807, 2.05) is 37.3 Å². The van der Waals surface area contributed by atoms with E-state index in [1.54, 1.807) is 0 Å². The van der Waals surface area contributed by atoms with Crippen LogP contribution in [0.15, 0.2) is 52.9 Å². The molecule has 32 heavy (non-hydrogen) atoms. The minimum Gasteiger partial charge on any atom is -0.486 e. The van der Waals surface area contributed by atoms with Gasteiger partial charge < -0.3 is 24.3 Å². The molecule has 2 N–H and O–H groups in total. The highest BCUT2D eigenvalue weighted by atomic mass is 16.6. The van der Waals surface area contributed by atoms with Gasteiger partial charge in [0.25, 0.3) is 0 Å². The topological polar surface area (TPSA) is 76.8 Å². The predicted molar refractivity (Wildman–Crippen MR) is 124 cm³/mol. The van der Waals surface area contributed by atoms with Gasteiger partial charge in [0.1, 0.15) is 18.7 Å². The van der Waals surface area contributed by atoms with Gasteiger partial charge in [-0.2, -0.15) is 0 Å². The zero-order valence-electron chi connectivity index (χ0n) is 18.3. The summed E-state index contributed by atoms with van der Waals surface area (Å²) in [5.74, 6) is 2.17. The molecule has 0 unspecified atom stereocenters. The Kier molecular flexibility index (Phi) is 5.55. The molecule has 4 aromatic rings. The second-order valence-electron chi connectivity index (χ2n) is 8.02. The van der Waals surface area contributed by atoms with Crippen LogP contribution in [0.25, 0.3) is 33.7 Å². The van der Waals surface area contributed by atoms with Gasteiger partial charge in [0.05, 0.1) is 6.61 Å². The number of aliphatic hydroxyl groups excluding tert-OH is 1. The maximum Gasteiger partial charge on any atom is 0.227 e. The van der Waals surface area contributed by atoms with E-state index in [1.165, 1.54) is 0 Å². The third kappa shape index (κ3) is 3.83. The van der Waals surface area contributed by atoms with E-state index < -0.39 is 0 Å². The Balaban J connectivity index is 1.52. The number of benzene rings is 3. The Morgan fingerprint density at radius 3 is 2.62 bits per heavy atom. The Morgan fingerprint density at radius 2 is 1.78 bits per heavy atom. The van der Waals surface area contributed by atoms with E-state index in [0.717, 1.165) is 56.0 Å². The van der Waals surface area contributed by atoms with Crippen molar-refractivity contribution in [3.05, 3.63) is 65.2 Å². The normalized spacial score (nSPS) is 13.0. The van der Waals surface area contributed by atoms with Crippen molar-refractivity contribution in [1.82, 2.24) is 10.3 Å². The van der Waals surface area contributed by atoms with Crippen molar-refractivity contribution in [3.63, 3.8) is 0 Å². The monoisotopic (exact) mass is 430 g/mol. The molecule has 2 heterocycles. The fourth-order valence-corrected chi connectivity index (χ4v) is 4.19. The third-order valence-electron chi connectivity index (χ3n) is 5.77. The molecule has 6 heteroatoms. The van der Waals surface area contributed by atoms with E-state index in [-0.39, 0.29) is 6.61 Å². The summed E-state index contributed by atoms with van der Waals surface area (Å²) in [5.41, 5.74) is 8.03. The van der Waals surface area contributed by atoms with Gasteiger partial charge in [-0.05, 0) is 65.9 Å². The minimum atomic E-state index is 0.119. The van der Waals surface area contributed by atoms with Gasteiger partial charge in [-0.1, -0.05) is 24.3 Å². The van der Waals surface area contributed by atoms with Crippen LogP contribution in [0.2, 0.25) is 0 Å². The van der Waals surface area contributed by atoms with Crippen molar-refractivity contribution in [3.8, 4) is 34.1 Å². The molecule has 0 bridgehead atoms. The van der Waals surface area contributed by atoms with Gasteiger partial charge in [-0.3, -0.25) is 0 Å². The quantitative estimate of drug-likeness (QED) is 0.434. The Bertz CT molecular complexity index is 1280. The molecule has 0 saturated carbocycles. The van der Waals surface area contributed by atoms with Crippen molar-refractivity contribution in [2.75, 3.05) is 26.4 Å². The minimum absolute atomic E-state index is 0.119. The van der Waals surface area contributed by atoms with Crippen LogP contribution in [-0.2, 0) is 6.54 Å². The number of rotatable bonds is 6. The number of aliphatic hydroxyl groups is 1. The largest absolute Gasteiger partial charge is 0.486 e. The highest BCUT2D eigenvalue weighted by molar-refractivity contribution is 5.82. The number of aromatic nitrogens is 1. The molecule has 6 nitrogen and oxygen atoms in total. The maximum absolute atomic E-state index is 8.99. The van der Waals surface area contributed by atoms with Crippen LogP contribution in [0.5, 0.6) is 11.5 Å². The molecule has 0 spiro atoms. The fraction of sp³-hybridized carbons (Fsp3) is 0.269. The molecule has 0 aliphatic carbocycles. The summed E-state index contributed by atoms with van der Waals surface area (Å²) in [6, 6.07) is 16.4. The predicted octanol–water partition coefficient (Wildman–Crippen LogP) is 4.63. The average Bonchev–Trinajstić information content (AvgIpc) is 3.24. The van der Waals surface area contributed by atoms with E-state index in [2.05, 4.69) is 30.4 Å². The molecule has 1 aliphatic rings. The molecule has 164 valence electrons. The lowest BCUT2D eigenvalue weighted by atomic mass is 9.96. The molecule has 1 aromatic heterocycles. The molecule has 0 atom stereocenters. The van der Waals surface area contributed by atoms with Crippen molar-refractivity contribution in [1.29, 1.82) is 0 Å². The number of nitrogens with one attached hydrogen (secondary N) is 1. The van der Waals surface area contributed by atoms with Gasteiger partial charge in [-0.15, -0.1) is 0 Å². The van der Waals surface area contributed by atoms with Gasteiger partial charge in [0.15, 0.2) is 17.1 Å². The summed E-state index contributed by atoms with van der Waals surface area (Å²) >= 11 is 0. The third-order valence-corrected chi connectivity index (χ3v) is 5.77. The zero-order valence-corrected chi connectivity index (χ0v) is 18.3. The van der Waals surface area contributed by atoms with Gasteiger partial charge >= 0.3 is 0 Å². The van der Waals surface area contributed by atoms with Crippen molar-refractivity contribution in [2.45, 2.75) is 20.4 Å². The first-order valence-electron chi connectivity index (χ1n) is 10.9. The van der Waals surface area contributed by atoms with E-state index >= 15 is 0 Å². The Hall–Kier alpha value is -3.35. The molecule has 0 radical (unpaired) electrons. The van der Waals surface area contributed by atoms with Crippen molar-refractivity contribution in [2.24, 2.45) is 0 Å². The van der Waals surface area contributed by atoms with Gasteiger partial charge in [0.2, 0.25) is 5.89 Å². The summed E-state index contributed by atoms with van der Waals surface area (Å²) in [7, 11) is 0. The standard InChI is InChI=1S/C26H26N2O4/c1-16-12-18(15-27-8-9-29)13-22-25(16)32-26(28-22)21-5-3-4-20(17(21)2)19-6-7-23-24(14-19)31-11-10-30-23/h3-7,12-14,27,29H,8-11,15H2,1-2H3. The first-order chi connectivity index (χ1) is 15.6. The Morgan fingerprint density at radius 1 is 0.969 bits per heavy atom. The van der Waals surface area contributed by atoms with Crippen LogP contribution in [0, 0.1) is 13.8 Å². The van der Waals surface area contributed by atoms with Crippen LogP contribution in [-0.4, -0.2) is 36.5 Å². The molecular weight excluding hydrogens is 404 g/mol. The Labute approximate surface area is 186 Å². The number of hydrogen-bond donors (Lipinski definition) is 2. The molecular formula is C26H26N2O4. The first kappa shape index (κ1) is 20.5.